The molecule has 6 nitrogen and oxygen atoms in total. The summed E-state index contributed by atoms with van der Waals surface area (Å²) in [6, 6.07) is 5.19. The highest BCUT2D eigenvalue weighted by Gasteiger charge is 2.19. The van der Waals surface area contributed by atoms with Crippen molar-refractivity contribution in [2.24, 2.45) is 0 Å². The number of halogens is 3. The fourth-order valence-electron chi connectivity index (χ4n) is 1.96. The maximum absolute atomic E-state index is 13.8. The van der Waals surface area contributed by atoms with E-state index in [4.69, 9.17) is 0 Å². The highest BCUT2D eigenvalue weighted by atomic mass is 19.2. The van der Waals surface area contributed by atoms with Crippen LogP contribution in [0.4, 0.5) is 23.7 Å². The van der Waals surface area contributed by atoms with E-state index >= 15 is 0 Å². The summed E-state index contributed by atoms with van der Waals surface area (Å²) in [7, 11) is 0. The van der Waals surface area contributed by atoms with Crippen molar-refractivity contribution < 1.29 is 27.6 Å². The molecule has 0 heterocycles. The van der Waals surface area contributed by atoms with Crippen LogP contribution in [0.1, 0.15) is 27.6 Å². The van der Waals surface area contributed by atoms with Crippen molar-refractivity contribution in [1.29, 1.82) is 0 Å². The highest BCUT2D eigenvalue weighted by Crippen LogP contribution is 2.14. The molecule has 0 saturated heterocycles. The van der Waals surface area contributed by atoms with Crippen LogP contribution in [-0.4, -0.2) is 17.7 Å². The standard InChI is InChI=1S/C16H12F3N3O3/c1-8(23)10-3-2-4-12(18)14(10)15(24)21-22-16(25)20-9-5-6-11(17)13(19)7-9/h2-7H,1H3,(H,21,24)(H2,20,22,25). The zero-order chi connectivity index (χ0) is 18.6. The van der Waals surface area contributed by atoms with Gasteiger partial charge in [0, 0.05) is 17.3 Å². The average Bonchev–Trinajstić information content (AvgIpc) is 2.55. The van der Waals surface area contributed by atoms with Gasteiger partial charge in [0.25, 0.3) is 5.91 Å². The number of carbonyl (C=O) groups excluding carboxylic acids is 3. The van der Waals surface area contributed by atoms with Crippen molar-refractivity contribution in [1.82, 2.24) is 10.9 Å². The number of carbonyl (C=O) groups is 3. The zero-order valence-corrected chi connectivity index (χ0v) is 12.8. The number of Topliss-reactive ketones (excluding diaryl/α,β-unsaturated/α-hetero) is 1. The fraction of sp³-hybridized carbons (Fsp3) is 0.0625. The molecule has 0 aliphatic heterocycles. The Kier molecular flexibility index (Phi) is 5.38. The van der Waals surface area contributed by atoms with Crippen molar-refractivity contribution in [3.63, 3.8) is 0 Å². The number of hydrogen-bond donors (Lipinski definition) is 3. The maximum Gasteiger partial charge on any atom is 0.337 e. The molecular formula is C16H12F3N3O3. The lowest BCUT2D eigenvalue weighted by Gasteiger charge is -2.11. The molecule has 0 saturated carbocycles. The second-order valence-electron chi connectivity index (χ2n) is 4.88. The van der Waals surface area contributed by atoms with Crippen molar-refractivity contribution in [2.75, 3.05) is 5.32 Å². The molecule has 2 rings (SSSR count). The molecule has 130 valence electrons. The molecule has 0 atom stereocenters. The zero-order valence-electron chi connectivity index (χ0n) is 12.8. The molecule has 9 heteroatoms. The van der Waals surface area contributed by atoms with E-state index in [0.717, 1.165) is 31.2 Å². The molecule has 0 fully saturated rings. The van der Waals surface area contributed by atoms with E-state index in [9.17, 15) is 27.6 Å². The van der Waals surface area contributed by atoms with E-state index in [1.54, 1.807) is 0 Å². The van der Waals surface area contributed by atoms with Gasteiger partial charge in [0.15, 0.2) is 17.4 Å². The second kappa shape index (κ2) is 7.47. The molecular weight excluding hydrogens is 339 g/mol. The first kappa shape index (κ1) is 18.0. The third-order valence-corrected chi connectivity index (χ3v) is 3.09. The Morgan fingerprint density at radius 3 is 2.24 bits per heavy atom. The van der Waals surface area contributed by atoms with Gasteiger partial charge in [-0.15, -0.1) is 0 Å². The van der Waals surface area contributed by atoms with Crippen LogP contribution in [0.15, 0.2) is 36.4 Å². The number of hydrogen-bond acceptors (Lipinski definition) is 3. The van der Waals surface area contributed by atoms with Gasteiger partial charge in [0.1, 0.15) is 5.82 Å². The normalized spacial score (nSPS) is 10.1. The Hall–Kier alpha value is -3.36. The first-order chi connectivity index (χ1) is 11.8. The van der Waals surface area contributed by atoms with Crippen LogP contribution in [0, 0.1) is 17.5 Å². The topological polar surface area (TPSA) is 87.3 Å². The molecule has 2 aromatic carbocycles. The minimum Gasteiger partial charge on any atom is -0.306 e. The smallest absolute Gasteiger partial charge is 0.306 e. The van der Waals surface area contributed by atoms with Crippen molar-refractivity contribution in [3.05, 3.63) is 65.0 Å². The van der Waals surface area contributed by atoms with E-state index in [2.05, 4.69) is 5.32 Å². The predicted octanol–water partition coefficient (Wildman–Crippen LogP) is 2.77. The number of nitrogens with one attached hydrogen (secondary N) is 3. The average molecular weight is 351 g/mol. The van der Waals surface area contributed by atoms with Gasteiger partial charge in [-0.1, -0.05) is 12.1 Å². The quantitative estimate of drug-likeness (QED) is 0.587. The molecule has 0 aliphatic carbocycles. The molecule has 2 aromatic rings. The van der Waals surface area contributed by atoms with Crippen LogP contribution in [0.3, 0.4) is 0 Å². The van der Waals surface area contributed by atoms with Crippen molar-refractivity contribution in [3.8, 4) is 0 Å². The fourth-order valence-corrected chi connectivity index (χ4v) is 1.96. The minimum atomic E-state index is -1.17. The second-order valence-corrected chi connectivity index (χ2v) is 4.88. The summed E-state index contributed by atoms with van der Waals surface area (Å²) in [4.78, 5) is 35.1. The van der Waals surface area contributed by atoms with Gasteiger partial charge >= 0.3 is 6.03 Å². The highest BCUT2D eigenvalue weighted by molar-refractivity contribution is 6.07. The Labute approximate surface area is 140 Å². The van der Waals surface area contributed by atoms with Gasteiger partial charge in [-0.3, -0.25) is 15.0 Å². The summed E-state index contributed by atoms with van der Waals surface area (Å²) in [6.07, 6.45) is 0. The van der Waals surface area contributed by atoms with Crippen LogP contribution in [0.25, 0.3) is 0 Å². The number of hydrazine groups is 1. The Balaban J connectivity index is 2.04. The van der Waals surface area contributed by atoms with Gasteiger partial charge < -0.3 is 5.32 Å². The van der Waals surface area contributed by atoms with Crippen LogP contribution in [0.5, 0.6) is 0 Å². The third kappa shape index (κ3) is 4.34. The van der Waals surface area contributed by atoms with E-state index in [1.165, 1.54) is 12.1 Å². The number of amides is 3. The first-order valence-corrected chi connectivity index (χ1v) is 6.91. The summed E-state index contributed by atoms with van der Waals surface area (Å²) in [5, 5.41) is 2.14. The molecule has 3 amide bonds. The lowest BCUT2D eigenvalue weighted by Crippen LogP contribution is -2.44. The van der Waals surface area contributed by atoms with E-state index < -0.39 is 40.7 Å². The van der Waals surface area contributed by atoms with Crippen LogP contribution in [-0.2, 0) is 0 Å². The van der Waals surface area contributed by atoms with Crippen LogP contribution < -0.4 is 16.2 Å². The molecule has 0 unspecified atom stereocenters. The molecule has 3 N–H and O–H groups in total. The van der Waals surface area contributed by atoms with Gasteiger partial charge in [0.05, 0.1) is 5.56 Å². The summed E-state index contributed by atoms with van der Waals surface area (Å²) in [6.45, 7) is 1.16. The number of urea groups is 1. The Morgan fingerprint density at radius 1 is 0.880 bits per heavy atom. The van der Waals surface area contributed by atoms with Crippen LogP contribution >= 0.6 is 0 Å². The van der Waals surface area contributed by atoms with Crippen LogP contribution in [0.2, 0.25) is 0 Å². The lowest BCUT2D eigenvalue weighted by atomic mass is 10.0. The number of benzene rings is 2. The number of ketones is 1. The summed E-state index contributed by atoms with van der Waals surface area (Å²) < 4.78 is 39.6. The van der Waals surface area contributed by atoms with E-state index in [1.807, 2.05) is 10.9 Å². The van der Waals surface area contributed by atoms with Gasteiger partial charge in [-0.2, -0.15) is 0 Å². The summed E-state index contributed by atoms with van der Waals surface area (Å²) >= 11 is 0. The summed E-state index contributed by atoms with van der Waals surface area (Å²) in [5.41, 5.74) is 3.09. The van der Waals surface area contributed by atoms with Gasteiger partial charge in [-0.05, 0) is 25.1 Å². The molecule has 25 heavy (non-hydrogen) atoms. The SMILES string of the molecule is CC(=O)c1cccc(F)c1C(=O)NNC(=O)Nc1ccc(F)c(F)c1. The largest absolute Gasteiger partial charge is 0.337 e. The lowest BCUT2D eigenvalue weighted by molar-refractivity contribution is 0.0921. The molecule has 0 bridgehead atoms. The van der Waals surface area contributed by atoms with Gasteiger partial charge in [0.2, 0.25) is 0 Å². The molecule has 0 radical (unpaired) electrons. The van der Waals surface area contributed by atoms with E-state index in [-0.39, 0.29) is 11.3 Å². The van der Waals surface area contributed by atoms with Crippen molar-refractivity contribution >= 4 is 23.4 Å². The molecule has 0 aromatic heterocycles. The summed E-state index contributed by atoms with van der Waals surface area (Å²) in [5.74, 6) is -4.78. The first-order valence-electron chi connectivity index (χ1n) is 6.91. The van der Waals surface area contributed by atoms with Gasteiger partial charge in [-0.25, -0.2) is 23.4 Å². The molecule has 0 aliphatic rings. The van der Waals surface area contributed by atoms with E-state index in [0.29, 0.717) is 0 Å². The monoisotopic (exact) mass is 351 g/mol. The molecule has 0 spiro atoms. The number of rotatable bonds is 3. The predicted molar refractivity (Wildman–Crippen MR) is 82.4 cm³/mol. The third-order valence-electron chi connectivity index (χ3n) is 3.09. The minimum absolute atomic E-state index is 0.0686. The Morgan fingerprint density at radius 2 is 1.60 bits per heavy atom. The van der Waals surface area contributed by atoms with Crippen molar-refractivity contribution in [2.45, 2.75) is 6.92 Å². The Bertz CT molecular complexity index is 856. The number of anilines is 1. The maximum atomic E-state index is 13.8.